The maximum Gasteiger partial charge on any atom is 0.148 e. The van der Waals surface area contributed by atoms with E-state index in [0.29, 0.717) is 0 Å². The minimum absolute atomic E-state index is 0.769. The summed E-state index contributed by atoms with van der Waals surface area (Å²) >= 11 is 0. The molecule has 3 heteroatoms. The highest BCUT2D eigenvalue weighted by Gasteiger charge is 2.01. The molecule has 0 amide bonds. The van der Waals surface area contributed by atoms with E-state index in [2.05, 4.69) is 10.2 Å². The van der Waals surface area contributed by atoms with Crippen LogP contribution in [0.1, 0.15) is 5.56 Å². The highest BCUT2D eigenvalue weighted by atomic mass is 16.5. The zero-order valence-electron chi connectivity index (χ0n) is 7.61. The molecule has 0 bridgehead atoms. The average Bonchev–Trinajstić information content (AvgIpc) is 2.16. The quantitative estimate of drug-likeness (QED) is 0.662. The average molecular weight is 174 g/mol. The van der Waals surface area contributed by atoms with Gasteiger partial charge in [0.2, 0.25) is 0 Å². The van der Waals surface area contributed by atoms with Crippen molar-refractivity contribution in [2.75, 3.05) is 7.11 Å². The van der Waals surface area contributed by atoms with Crippen molar-refractivity contribution in [2.45, 2.75) is 6.92 Å². The first-order valence-corrected chi connectivity index (χ1v) is 4.07. The summed E-state index contributed by atoms with van der Waals surface area (Å²) < 4.78 is 5.16. The van der Waals surface area contributed by atoms with Crippen LogP contribution in [-0.2, 0) is 0 Å². The van der Waals surface area contributed by atoms with Crippen LogP contribution in [0.25, 0.3) is 10.9 Å². The predicted molar refractivity (Wildman–Crippen MR) is 50.8 cm³/mol. The Morgan fingerprint density at radius 3 is 2.92 bits per heavy atom. The van der Waals surface area contributed by atoms with Crippen LogP contribution in [0.5, 0.6) is 5.75 Å². The van der Waals surface area contributed by atoms with Gasteiger partial charge in [-0.2, -0.15) is 10.2 Å². The van der Waals surface area contributed by atoms with Crippen molar-refractivity contribution in [3.05, 3.63) is 30.0 Å². The van der Waals surface area contributed by atoms with Crippen LogP contribution in [0.2, 0.25) is 0 Å². The fourth-order valence-electron chi connectivity index (χ4n) is 1.31. The number of nitrogens with zero attached hydrogens (tertiary/aromatic N) is 2. The number of aryl methyl sites for hydroxylation is 1. The summed E-state index contributed by atoms with van der Waals surface area (Å²) in [4.78, 5) is 0. The Hall–Kier alpha value is -1.64. The van der Waals surface area contributed by atoms with Crippen molar-refractivity contribution in [2.24, 2.45) is 0 Å². The van der Waals surface area contributed by atoms with Crippen LogP contribution in [-0.4, -0.2) is 17.3 Å². The molecule has 0 unspecified atom stereocenters. The molecule has 0 radical (unpaired) electrons. The number of fused-ring (bicyclic) bond motifs is 1. The molecule has 1 aromatic carbocycles. The lowest BCUT2D eigenvalue weighted by atomic mass is 10.1. The van der Waals surface area contributed by atoms with Crippen molar-refractivity contribution in [1.82, 2.24) is 10.2 Å². The van der Waals surface area contributed by atoms with Gasteiger partial charge < -0.3 is 4.74 Å². The molecular weight excluding hydrogens is 164 g/mol. The summed E-state index contributed by atoms with van der Waals surface area (Å²) in [5.74, 6) is 0.769. The molecule has 0 saturated carbocycles. The van der Waals surface area contributed by atoms with Gasteiger partial charge in [-0.15, -0.1) is 0 Å². The van der Waals surface area contributed by atoms with Gasteiger partial charge in [-0.25, -0.2) is 0 Å². The first-order chi connectivity index (χ1) is 6.31. The zero-order valence-corrected chi connectivity index (χ0v) is 7.61. The Kier molecular flexibility index (Phi) is 1.85. The van der Waals surface area contributed by atoms with E-state index >= 15 is 0 Å². The molecular formula is C10H10N2O. The number of hydrogen-bond donors (Lipinski definition) is 0. The molecule has 2 rings (SSSR count). The second kappa shape index (κ2) is 3.01. The third kappa shape index (κ3) is 1.33. The van der Waals surface area contributed by atoms with Crippen LogP contribution in [0.4, 0.5) is 0 Å². The Morgan fingerprint density at radius 2 is 2.15 bits per heavy atom. The monoisotopic (exact) mass is 174 g/mol. The van der Waals surface area contributed by atoms with E-state index in [1.165, 1.54) is 5.56 Å². The molecule has 0 N–H and O–H groups in total. The number of rotatable bonds is 1. The van der Waals surface area contributed by atoms with Gasteiger partial charge in [0, 0.05) is 5.39 Å². The van der Waals surface area contributed by atoms with Crippen molar-refractivity contribution in [3.63, 3.8) is 0 Å². The third-order valence-corrected chi connectivity index (χ3v) is 1.98. The van der Waals surface area contributed by atoms with Crippen molar-refractivity contribution in [1.29, 1.82) is 0 Å². The standard InChI is InChI=1S/C10H10N2O/c1-7-3-4-8-9(5-7)12-11-6-10(8)13-2/h3-6H,1-2H3. The van der Waals surface area contributed by atoms with Gasteiger partial charge in [-0.05, 0) is 24.6 Å². The molecule has 0 atom stereocenters. The number of ether oxygens (including phenoxy) is 1. The lowest BCUT2D eigenvalue weighted by molar-refractivity contribution is 0.417. The second-order valence-corrected chi connectivity index (χ2v) is 2.93. The number of hydrogen-bond acceptors (Lipinski definition) is 3. The summed E-state index contributed by atoms with van der Waals surface area (Å²) in [6.45, 7) is 2.03. The second-order valence-electron chi connectivity index (χ2n) is 2.93. The van der Waals surface area contributed by atoms with Crippen LogP contribution in [0.15, 0.2) is 24.4 Å². The minimum Gasteiger partial charge on any atom is -0.494 e. The first-order valence-electron chi connectivity index (χ1n) is 4.07. The number of methoxy groups -OCH3 is 1. The van der Waals surface area contributed by atoms with Crippen LogP contribution in [0, 0.1) is 6.92 Å². The van der Waals surface area contributed by atoms with E-state index in [1.807, 2.05) is 25.1 Å². The molecule has 3 nitrogen and oxygen atoms in total. The topological polar surface area (TPSA) is 35.0 Å². The van der Waals surface area contributed by atoms with E-state index in [9.17, 15) is 0 Å². The van der Waals surface area contributed by atoms with Gasteiger partial charge >= 0.3 is 0 Å². The molecule has 0 spiro atoms. The van der Waals surface area contributed by atoms with Crippen LogP contribution < -0.4 is 4.74 Å². The van der Waals surface area contributed by atoms with Crippen LogP contribution in [0.3, 0.4) is 0 Å². The minimum atomic E-state index is 0.769. The molecule has 0 aliphatic heterocycles. The highest BCUT2D eigenvalue weighted by Crippen LogP contribution is 2.22. The Morgan fingerprint density at radius 1 is 1.31 bits per heavy atom. The number of benzene rings is 1. The van der Waals surface area contributed by atoms with E-state index in [-0.39, 0.29) is 0 Å². The Bertz CT molecular complexity index is 440. The summed E-state index contributed by atoms with van der Waals surface area (Å²) in [5, 5.41) is 8.87. The summed E-state index contributed by atoms with van der Waals surface area (Å²) in [6.07, 6.45) is 1.62. The lowest BCUT2D eigenvalue weighted by Gasteiger charge is -2.03. The van der Waals surface area contributed by atoms with E-state index in [0.717, 1.165) is 16.7 Å². The maximum absolute atomic E-state index is 5.16. The van der Waals surface area contributed by atoms with E-state index in [1.54, 1.807) is 13.3 Å². The molecule has 0 fully saturated rings. The van der Waals surface area contributed by atoms with Gasteiger partial charge in [0.15, 0.2) is 0 Å². The zero-order chi connectivity index (χ0) is 9.26. The molecule has 2 aromatic rings. The summed E-state index contributed by atoms with van der Waals surface area (Å²) in [5.41, 5.74) is 2.05. The third-order valence-electron chi connectivity index (χ3n) is 1.98. The Balaban J connectivity index is 2.77. The van der Waals surface area contributed by atoms with Gasteiger partial charge in [0.05, 0.1) is 18.8 Å². The first kappa shape index (κ1) is 7.98. The lowest BCUT2D eigenvalue weighted by Crippen LogP contribution is -1.90. The van der Waals surface area contributed by atoms with Gasteiger partial charge in [0.1, 0.15) is 5.75 Å². The van der Waals surface area contributed by atoms with Gasteiger partial charge in [-0.3, -0.25) is 0 Å². The molecule has 0 aliphatic carbocycles. The fourth-order valence-corrected chi connectivity index (χ4v) is 1.31. The Labute approximate surface area is 76.4 Å². The SMILES string of the molecule is COc1cnnc2cc(C)ccc12. The molecule has 0 saturated heterocycles. The van der Waals surface area contributed by atoms with Gasteiger partial charge in [-0.1, -0.05) is 6.07 Å². The smallest absolute Gasteiger partial charge is 0.148 e. The molecule has 1 heterocycles. The molecule has 1 aromatic heterocycles. The van der Waals surface area contributed by atoms with Crippen LogP contribution >= 0.6 is 0 Å². The van der Waals surface area contributed by atoms with Gasteiger partial charge in [0.25, 0.3) is 0 Å². The van der Waals surface area contributed by atoms with Crippen molar-refractivity contribution in [3.8, 4) is 5.75 Å². The number of aromatic nitrogens is 2. The van der Waals surface area contributed by atoms with Crippen molar-refractivity contribution < 1.29 is 4.74 Å². The predicted octanol–water partition coefficient (Wildman–Crippen LogP) is 1.95. The van der Waals surface area contributed by atoms with E-state index < -0.39 is 0 Å². The largest absolute Gasteiger partial charge is 0.494 e. The summed E-state index contributed by atoms with van der Waals surface area (Å²) in [6, 6.07) is 6.02. The highest BCUT2D eigenvalue weighted by molar-refractivity contribution is 5.84. The van der Waals surface area contributed by atoms with E-state index in [4.69, 9.17) is 4.74 Å². The van der Waals surface area contributed by atoms with Crippen molar-refractivity contribution >= 4 is 10.9 Å². The fraction of sp³-hybridized carbons (Fsp3) is 0.200. The maximum atomic E-state index is 5.16. The molecule has 0 aliphatic rings. The summed E-state index contributed by atoms with van der Waals surface area (Å²) in [7, 11) is 1.64. The molecule has 66 valence electrons. The normalized spacial score (nSPS) is 10.3. The molecule has 13 heavy (non-hydrogen) atoms.